The number of amides is 2. The Morgan fingerprint density at radius 1 is 1.41 bits per heavy atom. The zero-order valence-electron chi connectivity index (χ0n) is 12.3. The molecule has 0 aliphatic carbocycles. The molecule has 0 atom stereocenters. The lowest BCUT2D eigenvalue weighted by atomic mass is 10.1. The van der Waals surface area contributed by atoms with Crippen LogP contribution in [0, 0.1) is 5.92 Å². The van der Waals surface area contributed by atoms with Crippen LogP contribution in [0.1, 0.15) is 30.6 Å². The SMILES string of the molecule is CC(C)CNC(=O)c1ccc(Cl)c(N2C(=O)CCS2(=O)=O)c1. The zero-order valence-corrected chi connectivity index (χ0v) is 13.9. The van der Waals surface area contributed by atoms with Crippen molar-refractivity contribution in [3.05, 3.63) is 28.8 Å². The molecule has 1 fully saturated rings. The largest absolute Gasteiger partial charge is 0.352 e. The van der Waals surface area contributed by atoms with E-state index in [0.29, 0.717) is 10.8 Å². The molecule has 1 aromatic carbocycles. The third kappa shape index (κ3) is 3.41. The Kier molecular flexibility index (Phi) is 4.77. The van der Waals surface area contributed by atoms with Gasteiger partial charge in [0.1, 0.15) is 0 Å². The van der Waals surface area contributed by atoms with E-state index < -0.39 is 15.9 Å². The standard InChI is InChI=1S/C14H17ClN2O4S/c1-9(2)8-16-14(19)10-3-4-11(15)12(7-10)17-13(18)5-6-22(17,20)21/h3-4,7,9H,5-6,8H2,1-2H3,(H,16,19). The summed E-state index contributed by atoms with van der Waals surface area (Å²) in [6, 6.07) is 4.25. The topological polar surface area (TPSA) is 83.6 Å². The van der Waals surface area contributed by atoms with Crippen molar-refractivity contribution in [3.8, 4) is 0 Å². The van der Waals surface area contributed by atoms with Crippen molar-refractivity contribution in [1.29, 1.82) is 0 Å². The molecule has 8 heteroatoms. The van der Waals surface area contributed by atoms with Crippen LogP contribution >= 0.6 is 11.6 Å². The minimum atomic E-state index is -3.71. The Morgan fingerprint density at radius 2 is 2.09 bits per heavy atom. The maximum Gasteiger partial charge on any atom is 0.251 e. The summed E-state index contributed by atoms with van der Waals surface area (Å²) in [6.45, 7) is 4.42. The van der Waals surface area contributed by atoms with Gasteiger partial charge in [0.15, 0.2) is 0 Å². The minimum Gasteiger partial charge on any atom is -0.352 e. The minimum absolute atomic E-state index is 0.0290. The van der Waals surface area contributed by atoms with Gasteiger partial charge < -0.3 is 5.32 Å². The van der Waals surface area contributed by atoms with Gasteiger partial charge in [0.25, 0.3) is 5.91 Å². The van der Waals surface area contributed by atoms with Gasteiger partial charge in [-0.1, -0.05) is 25.4 Å². The highest BCUT2D eigenvalue weighted by atomic mass is 35.5. The van der Waals surface area contributed by atoms with Gasteiger partial charge in [0.2, 0.25) is 15.9 Å². The molecule has 2 rings (SSSR count). The van der Waals surface area contributed by atoms with E-state index in [1.807, 2.05) is 13.8 Å². The normalized spacial score (nSPS) is 17.1. The number of hydrogen-bond acceptors (Lipinski definition) is 4. The van der Waals surface area contributed by atoms with E-state index in [9.17, 15) is 18.0 Å². The van der Waals surface area contributed by atoms with Crippen molar-refractivity contribution >= 4 is 39.1 Å². The molecule has 0 saturated carbocycles. The number of nitrogens with one attached hydrogen (secondary N) is 1. The van der Waals surface area contributed by atoms with Crippen molar-refractivity contribution in [2.75, 3.05) is 16.6 Å². The molecule has 1 heterocycles. The van der Waals surface area contributed by atoms with E-state index in [1.54, 1.807) is 0 Å². The summed E-state index contributed by atoms with van der Waals surface area (Å²) < 4.78 is 24.6. The monoisotopic (exact) mass is 344 g/mol. The van der Waals surface area contributed by atoms with Crippen LogP contribution in [0.2, 0.25) is 5.02 Å². The van der Waals surface area contributed by atoms with Gasteiger partial charge in [-0.15, -0.1) is 0 Å². The third-order valence-corrected chi connectivity index (χ3v) is 5.17. The number of hydrogen-bond donors (Lipinski definition) is 1. The van der Waals surface area contributed by atoms with Gasteiger partial charge in [0.05, 0.1) is 16.5 Å². The van der Waals surface area contributed by atoms with Crippen molar-refractivity contribution in [1.82, 2.24) is 5.32 Å². The third-order valence-electron chi connectivity index (χ3n) is 3.18. The van der Waals surface area contributed by atoms with Crippen LogP contribution in [0.4, 0.5) is 5.69 Å². The molecule has 1 saturated heterocycles. The molecule has 1 aliphatic heterocycles. The first-order valence-corrected chi connectivity index (χ1v) is 8.84. The Bertz CT molecular complexity index is 716. The highest BCUT2D eigenvalue weighted by Gasteiger charge is 2.37. The first-order chi connectivity index (χ1) is 10.2. The van der Waals surface area contributed by atoms with Crippen molar-refractivity contribution in [2.45, 2.75) is 20.3 Å². The molecule has 2 amide bonds. The molecule has 22 heavy (non-hydrogen) atoms. The number of carbonyl (C=O) groups is 2. The van der Waals surface area contributed by atoms with E-state index in [1.165, 1.54) is 18.2 Å². The predicted molar refractivity (Wildman–Crippen MR) is 84.5 cm³/mol. The second kappa shape index (κ2) is 6.26. The van der Waals surface area contributed by atoms with E-state index >= 15 is 0 Å². The smallest absolute Gasteiger partial charge is 0.251 e. The van der Waals surface area contributed by atoms with E-state index in [-0.39, 0.29) is 40.3 Å². The van der Waals surface area contributed by atoms with Crippen LogP contribution in [-0.2, 0) is 14.8 Å². The van der Waals surface area contributed by atoms with Crippen LogP contribution in [0.15, 0.2) is 18.2 Å². The summed E-state index contributed by atoms with van der Waals surface area (Å²) >= 11 is 6.01. The Balaban J connectivity index is 2.35. The molecular formula is C14H17ClN2O4S. The molecule has 6 nitrogen and oxygen atoms in total. The highest BCUT2D eigenvalue weighted by Crippen LogP contribution is 2.32. The van der Waals surface area contributed by atoms with Gasteiger partial charge in [-0.3, -0.25) is 9.59 Å². The van der Waals surface area contributed by atoms with Crippen LogP contribution in [0.25, 0.3) is 0 Å². The lowest BCUT2D eigenvalue weighted by Crippen LogP contribution is -2.31. The van der Waals surface area contributed by atoms with E-state index in [0.717, 1.165) is 0 Å². The maximum absolute atomic E-state index is 12.1. The number of nitrogens with zero attached hydrogens (tertiary/aromatic N) is 1. The summed E-state index contributed by atoms with van der Waals surface area (Å²) in [4.78, 5) is 23.9. The Hall–Kier alpha value is -1.60. The van der Waals surface area contributed by atoms with E-state index in [2.05, 4.69) is 5.32 Å². The van der Waals surface area contributed by atoms with Gasteiger partial charge >= 0.3 is 0 Å². The average Bonchev–Trinajstić information content (AvgIpc) is 2.71. The molecule has 0 bridgehead atoms. The van der Waals surface area contributed by atoms with Gasteiger partial charge in [-0.2, -0.15) is 0 Å². The molecular weight excluding hydrogens is 328 g/mol. The molecule has 0 spiro atoms. The lowest BCUT2D eigenvalue weighted by Gasteiger charge is -2.17. The summed E-state index contributed by atoms with van der Waals surface area (Å²) in [7, 11) is -3.71. The molecule has 0 unspecified atom stereocenters. The fourth-order valence-corrected chi connectivity index (χ4v) is 3.78. The molecule has 1 N–H and O–H groups in total. The number of benzene rings is 1. The maximum atomic E-state index is 12.1. The molecule has 1 aromatic rings. The highest BCUT2D eigenvalue weighted by molar-refractivity contribution is 7.94. The van der Waals surface area contributed by atoms with Gasteiger partial charge in [-0.25, -0.2) is 12.7 Å². The summed E-state index contributed by atoms with van der Waals surface area (Å²) in [5.41, 5.74) is 0.288. The number of anilines is 1. The van der Waals surface area contributed by atoms with Crippen LogP contribution < -0.4 is 9.62 Å². The average molecular weight is 345 g/mol. The first-order valence-electron chi connectivity index (χ1n) is 6.86. The molecule has 1 aliphatic rings. The summed E-state index contributed by atoms with van der Waals surface area (Å²) in [5.74, 6) is -0.833. The van der Waals surface area contributed by atoms with Crippen molar-refractivity contribution in [3.63, 3.8) is 0 Å². The molecule has 0 radical (unpaired) electrons. The lowest BCUT2D eigenvalue weighted by molar-refractivity contribution is -0.116. The van der Waals surface area contributed by atoms with Crippen molar-refractivity contribution < 1.29 is 18.0 Å². The fourth-order valence-electron chi connectivity index (χ4n) is 2.06. The predicted octanol–water partition coefficient (Wildman–Crippen LogP) is 1.79. The Morgan fingerprint density at radius 3 is 2.64 bits per heavy atom. The van der Waals surface area contributed by atoms with Crippen molar-refractivity contribution in [2.24, 2.45) is 5.92 Å². The van der Waals surface area contributed by atoms with Crippen LogP contribution in [0.5, 0.6) is 0 Å². The fraction of sp³-hybridized carbons (Fsp3) is 0.429. The Labute approximate surface area is 134 Å². The number of rotatable bonds is 4. The van der Waals surface area contributed by atoms with Crippen LogP contribution in [0.3, 0.4) is 0 Å². The summed E-state index contributed by atoms with van der Waals surface area (Å²) in [5, 5.41) is 2.84. The second-order valence-electron chi connectivity index (χ2n) is 5.49. The number of carbonyl (C=O) groups excluding carboxylic acids is 2. The van der Waals surface area contributed by atoms with Crippen LogP contribution in [-0.4, -0.2) is 32.5 Å². The number of sulfonamides is 1. The molecule has 120 valence electrons. The zero-order chi connectivity index (χ0) is 16.5. The van der Waals surface area contributed by atoms with E-state index in [4.69, 9.17) is 11.6 Å². The van der Waals surface area contributed by atoms with Gasteiger partial charge in [0, 0.05) is 18.5 Å². The number of halogens is 1. The first kappa shape index (κ1) is 16.8. The quantitative estimate of drug-likeness (QED) is 0.902. The van der Waals surface area contributed by atoms with Gasteiger partial charge in [-0.05, 0) is 24.1 Å². The second-order valence-corrected chi connectivity index (χ2v) is 7.84. The summed E-state index contributed by atoms with van der Waals surface area (Å²) in [6.07, 6.45) is -0.0809. The molecule has 0 aromatic heterocycles.